The molecule has 0 radical (unpaired) electrons. The zero-order valence-corrected chi connectivity index (χ0v) is 12.7. The topological polar surface area (TPSA) is 33.5 Å². The first-order chi connectivity index (χ1) is 9.95. The minimum absolute atomic E-state index is 0.00139. The summed E-state index contributed by atoms with van der Waals surface area (Å²) in [6.45, 7) is 2.99. The van der Waals surface area contributed by atoms with Crippen molar-refractivity contribution in [2.45, 2.75) is 13.5 Å². The van der Waals surface area contributed by atoms with Crippen LogP contribution in [0.1, 0.15) is 10.4 Å². The number of anilines is 1. The largest absolute Gasteiger partial charge is 0.325 e. The summed E-state index contributed by atoms with van der Waals surface area (Å²) in [6, 6.07) is 5.13. The fourth-order valence-electron chi connectivity index (χ4n) is 1.98. The number of quaternary nitrogens is 1. The summed E-state index contributed by atoms with van der Waals surface area (Å²) >= 11 is 1.66. The maximum absolute atomic E-state index is 13.4. The summed E-state index contributed by atoms with van der Waals surface area (Å²) in [5, 5.41) is 4.48. The molecular formula is C15H17F2N2OS+. The van der Waals surface area contributed by atoms with E-state index in [0.29, 0.717) is 0 Å². The van der Waals surface area contributed by atoms with Gasteiger partial charge in [-0.05, 0) is 36.1 Å². The number of thiophene rings is 1. The van der Waals surface area contributed by atoms with E-state index in [-0.39, 0.29) is 18.1 Å². The van der Waals surface area contributed by atoms with Gasteiger partial charge in [0.1, 0.15) is 18.2 Å². The van der Waals surface area contributed by atoms with Gasteiger partial charge in [-0.2, -0.15) is 0 Å². The molecule has 0 saturated heterocycles. The SMILES string of the molecule is Cc1ccsc1C[NH+](C)CC(=O)Nc1ccc(F)cc1F. The quantitative estimate of drug-likeness (QED) is 0.870. The van der Waals surface area contributed by atoms with Crippen LogP contribution in [0.5, 0.6) is 0 Å². The lowest BCUT2D eigenvalue weighted by Gasteiger charge is -2.13. The van der Waals surface area contributed by atoms with Crippen molar-refractivity contribution in [1.29, 1.82) is 0 Å². The molecule has 0 aliphatic rings. The van der Waals surface area contributed by atoms with Crippen LogP contribution in [0.4, 0.5) is 14.5 Å². The van der Waals surface area contributed by atoms with E-state index in [9.17, 15) is 13.6 Å². The molecular weight excluding hydrogens is 294 g/mol. The predicted molar refractivity (Wildman–Crippen MR) is 79.5 cm³/mol. The second kappa shape index (κ2) is 6.78. The maximum atomic E-state index is 13.4. The third-order valence-corrected chi connectivity index (χ3v) is 4.12. The van der Waals surface area contributed by atoms with Gasteiger partial charge in [-0.3, -0.25) is 4.79 Å². The highest BCUT2D eigenvalue weighted by atomic mass is 32.1. The Morgan fingerprint density at radius 2 is 2.10 bits per heavy atom. The van der Waals surface area contributed by atoms with Crippen molar-refractivity contribution in [3.8, 4) is 0 Å². The van der Waals surface area contributed by atoms with Crippen LogP contribution in [0.15, 0.2) is 29.6 Å². The van der Waals surface area contributed by atoms with Crippen LogP contribution in [0, 0.1) is 18.6 Å². The van der Waals surface area contributed by atoms with Crippen molar-refractivity contribution in [2.24, 2.45) is 0 Å². The molecule has 2 rings (SSSR count). The van der Waals surface area contributed by atoms with E-state index in [0.717, 1.165) is 23.6 Å². The normalized spacial score (nSPS) is 12.2. The van der Waals surface area contributed by atoms with E-state index in [2.05, 4.69) is 5.32 Å². The molecule has 1 heterocycles. The molecule has 3 nitrogen and oxygen atoms in total. The monoisotopic (exact) mass is 311 g/mol. The molecule has 112 valence electrons. The van der Waals surface area contributed by atoms with Crippen molar-refractivity contribution in [2.75, 3.05) is 18.9 Å². The van der Waals surface area contributed by atoms with Crippen molar-refractivity contribution in [1.82, 2.24) is 0 Å². The Labute approximate surface area is 126 Å². The van der Waals surface area contributed by atoms with Crippen LogP contribution in [0.3, 0.4) is 0 Å². The molecule has 1 atom stereocenters. The summed E-state index contributed by atoms with van der Waals surface area (Å²) in [4.78, 5) is 14.1. The zero-order valence-electron chi connectivity index (χ0n) is 11.9. The molecule has 1 unspecified atom stereocenters. The first kappa shape index (κ1) is 15.6. The number of hydrogen-bond acceptors (Lipinski definition) is 2. The molecule has 1 aromatic carbocycles. The average Bonchev–Trinajstić information content (AvgIpc) is 2.78. The van der Waals surface area contributed by atoms with Gasteiger partial charge in [0.15, 0.2) is 6.54 Å². The Kier molecular flexibility index (Phi) is 5.03. The smallest absolute Gasteiger partial charge is 0.279 e. The first-order valence-corrected chi connectivity index (χ1v) is 7.43. The van der Waals surface area contributed by atoms with Crippen LogP contribution >= 0.6 is 11.3 Å². The maximum Gasteiger partial charge on any atom is 0.279 e. The predicted octanol–water partition coefficient (Wildman–Crippen LogP) is 1.99. The molecule has 21 heavy (non-hydrogen) atoms. The van der Waals surface area contributed by atoms with Gasteiger partial charge in [-0.25, -0.2) is 8.78 Å². The summed E-state index contributed by atoms with van der Waals surface area (Å²) in [5.74, 6) is -1.73. The third kappa shape index (κ3) is 4.34. The average molecular weight is 311 g/mol. The molecule has 2 N–H and O–H groups in total. The Hall–Kier alpha value is -1.79. The molecule has 0 spiro atoms. The first-order valence-electron chi connectivity index (χ1n) is 6.55. The van der Waals surface area contributed by atoms with Gasteiger partial charge in [0.25, 0.3) is 5.91 Å². The summed E-state index contributed by atoms with van der Waals surface area (Å²) in [5.41, 5.74) is 1.21. The minimum atomic E-state index is -0.768. The number of carbonyl (C=O) groups is 1. The Morgan fingerprint density at radius 3 is 2.71 bits per heavy atom. The number of halogens is 2. The van der Waals surface area contributed by atoms with E-state index in [1.165, 1.54) is 16.5 Å². The van der Waals surface area contributed by atoms with Gasteiger partial charge in [0.2, 0.25) is 0 Å². The number of nitrogens with one attached hydrogen (secondary N) is 2. The molecule has 1 aromatic heterocycles. The molecule has 0 saturated carbocycles. The molecule has 1 amide bonds. The number of hydrogen-bond donors (Lipinski definition) is 2. The van der Waals surface area contributed by atoms with Crippen LogP contribution in [0.25, 0.3) is 0 Å². The summed E-state index contributed by atoms with van der Waals surface area (Å²) in [7, 11) is 1.90. The van der Waals surface area contributed by atoms with Crippen molar-refractivity contribution in [3.05, 3.63) is 51.7 Å². The van der Waals surface area contributed by atoms with E-state index < -0.39 is 11.6 Å². The lowest BCUT2D eigenvalue weighted by Crippen LogP contribution is -3.08. The van der Waals surface area contributed by atoms with Crippen LogP contribution in [-0.4, -0.2) is 19.5 Å². The Bertz CT molecular complexity index is 642. The molecule has 0 bridgehead atoms. The molecule has 2 aromatic rings. The number of amides is 1. The summed E-state index contributed by atoms with van der Waals surface area (Å²) < 4.78 is 26.2. The Balaban J connectivity index is 1.90. The van der Waals surface area contributed by atoms with Crippen molar-refractivity contribution < 1.29 is 18.5 Å². The van der Waals surface area contributed by atoms with Crippen LogP contribution in [-0.2, 0) is 11.3 Å². The highest BCUT2D eigenvalue weighted by Gasteiger charge is 2.14. The zero-order chi connectivity index (χ0) is 15.4. The van der Waals surface area contributed by atoms with E-state index in [4.69, 9.17) is 0 Å². The number of aryl methyl sites for hydroxylation is 1. The highest BCUT2D eigenvalue weighted by Crippen LogP contribution is 2.15. The van der Waals surface area contributed by atoms with Gasteiger partial charge in [0.05, 0.1) is 17.6 Å². The molecule has 0 fully saturated rings. The van der Waals surface area contributed by atoms with E-state index in [1.54, 1.807) is 11.3 Å². The lowest BCUT2D eigenvalue weighted by atomic mass is 10.2. The summed E-state index contributed by atoms with van der Waals surface area (Å²) in [6.07, 6.45) is 0. The highest BCUT2D eigenvalue weighted by molar-refractivity contribution is 7.10. The number of carbonyl (C=O) groups excluding carboxylic acids is 1. The number of rotatable bonds is 5. The minimum Gasteiger partial charge on any atom is -0.325 e. The Morgan fingerprint density at radius 1 is 1.33 bits per heavy atom. The van der Waals surface area contributed by atoms with E-state index >= 15 is 0 Å². The fourth-order valence-corrected chi connectivity index (χ4v) is 3.00. The molecule has 0 aliphatic heterocycles. The molecule has 6 heteroatoms. The van der Waals surface area contributed by atoms with Gasteiger partial charge in [0, 0.05) is 6.07 Å². The second-order valence-electron chi connectivity index (χ2n) is 5.01. The number of likely N-dealkylation sites (N-methyl/N-ethyl adjacent to an activating group) is 1. The van der Waals surface area contributed by atoms with Crippen molar-refractivity contribution in [3.63, 3.8) is 0 Å². The second-order valence-corrected chi connectivity index (χ2v) is 6.01. The molecule has 0 aliphatic carbocycles. The van der Waals surface area contributed by atoms with E-state index in [1.807, 2.05) is 25.4 Å². The van der Waals surface area contributed by atoms with Gasteiger partial charge >= 0.3 is 0 Å². The van der Waals surface area contributed by atoms with Crippen LogP contribution in [0.2, 0.25) is 0 Å². The van der Waals surface area contributed by atoms with Gasteiger partial charge < -0.3 is 10.2 Å². The fraction of sp³-hybridized carbons (Fsp3) is 0.267. The van der Waals surface area contributed by atoms with Crippen molar-refractivity contribution >= 4 is 22.9 Å². The van der Waals surface area contributed by atoms with Gasteiger partial charge in [-0.15, -0.1) is 11.3 Å². The number of benzene rings is 1. The third-order valence-electron chi connectivity index (χ3n) is 3.10. The van der Waals surface area contributed by atoms with Crippen LogP contribution < -0.4 is 10.2 Å². The standard InChI is InChI=1S/C15H16F2N2OS/c1-10-5-6-21-14(10)8-19(2)9-15(20)18-13-4-3-11(16)7-12(13)17/h3-7H,8-9H2,1-2H3,(H,18,20)/p+1. The lowest BCUT2D eigenvalue weighted by molar-refractivity contribution is -0.884. The van der Waals surface area contributed by atoms with Gasteiger partial charge in [-0.1, -0.05) is 0 Å².